The Morgan fingerprint density at radius 3 is 2.58 bits per heavy atom. The van der Waals surface area contributed by atoms with Gasteiger partial charge in [0, 0.05) is 12.1 Å². The highest BCUT2D eigenvalue weighted by molar-refractivity contribution is 7.22. The predicted octanol–water partition coefficient (Wildman–Crippen LogP) is 4.93. The summed E-state index contributed by atoms with van der Waals surface area (Å²) >= 11 is 1.51. The zero-order chi connectivity index (χ0) is 18.1. The van der Waals surface area contributed by atoms with Gasteiger partial charge in [-0.1, -0.05) is 59.0 Å². The van der Waals surface area contributed by atoms with Crippen molar-refractivity contribution in [3.8, 4) is 11.3 Å². The monoisotopic (exact) mass is 363 g/mol. The number of para-hydroxylation sites is 1. The van der Waals surface area contributed by atoms with Gasteiger partial charge in [-0.2, -0.15) is 0 Å². The number of carbonyl (C=O) groups excluding carboxylic acids is 1. The second-order valence-electron chi connectivity index (χ2n) is 5.84. The highest BCUT2D eigenvalue weighted by Gasteiger charge is 2.27. The summed E-state index contributed by atoms with van der Waals surface area (Å²) in [5.74, 6) is 0.359. The van der Waals surface area contributed by atoms with Crippen LogP contribution >= 0.6 is 11.3 Å². The van der Waals surface area contributed by atoms with Gasteiger partial charge in [0.1, 0.15) is 17.0 Å². The topological polar surface area (TPSA) is 59.2 Å². The maximum atomic E-state index is 13.3. The summed E-state index contributed by atoms with van der Waals surface area (Å²) in [6.07, 6.45) is 0. The quantitative estimate of drug-likeness (QED) is 0.516. The van der Waals surface area contributed by atoms with Gasteiger partial charge in [-0.3, -0.25) is 9.69 Å². The molecular weight excluding hydrogens is 346 g/mol. The van der Waals surface area contributed by atoms with Crippen LogP contribution in [0.5, 0.6) is 0 Å². The lowest BCUT2D eigenvalue weighted by Gasteiger charge is -2.17. The molecule has 2 aromatic carbocycles. The van der Waals surface area contributed by atoms with Crippen LogP contribution < -0.4 is 4.90 Å². The summed E-state index contributed by atoms with van der Waals surface area (Å²) in [7, 11) is 0. The summed E-state index contributed by atoms with van der Waals surface area (Å²) < 4.78 is 6.40. The van der Waals surface area contributed by atoms with Crippen molar-refractivity contribution in [2.45, 2.75) is 13.8 Å². The van der Waals surface area contributed by atoms with Gasteiger partial charge in [-0.25, -0.2) is 4.98 Å². The lowest BCUT2D eigenvalue weighted by atomic mass is 10.1. The number of anilines is 1. The Labute approximate surface area is 154 Å². The van der Waals surface area contributed by atoms with Crippen LogP contribution in [0.1, 0.15) is 23.0 Å². The standard InChI is InChI=1S/C20H17N3O2S/c1-3-23(20-21-15-11-7-8-12-16(15)26-20)19(24)17-13(2)25-22-18(17)14-9-5-4-6-10-14/h4-12H,3H2,1-2H3. The van der Waals surface area contributed by atoms with Crippen LogP contribution in [0.25, 0.3) is 21.5 Å². The third kappa shape index (κ3) is 2.78. The summed E-state index contributed by atoms with van der Waals surface area (Å²) in [5.41, 5.74) is 2.79. The molecule has 2 heterocycles. The van der Waals surface area contributed by atoms with Gasteiger partial charge >= 0.3 is 0 Å². The van der Waals surface area contributed by atoms with Gasteiger partial charge in [0.25, 0.3) is 5.91 Å². The Kier molecular flexibility index (Phi) is 4.26. The minimum absolute atomic E-state index is 0.149. The molecule has 0 N–H and O–H groups in total. The second kappa shape index (κ2) is 6.72. The molecule has 0 unspecified atom stereocenters. The second-order valence-corrected chi connectivity index (χ2v) is 6.85. The van der Waals surface area contributed by atoms with Crippen molar-refractivity contribution in [1.29, 1.82) is 0 Å². The number of hydrogen-bond donors (Lipinski definition) is 0. The van der Waals surface area contributed by atoms with Crippen molar-refractivity contribution in [3.63, 3.8) is 0 Å². The van der Waals surface area contributed by atoms with Crippen LogP contribution in [-0.4, -0.2) is 22.6 Å². The van der Waals surface area contributed by atoms with E-state index in [1.165, 1.54) is 11.3 Å². The molecule has 6 heteroatoms. The van der Waals surface area contributed by atoms with Crippen LogP contribution in [0.4, 0.5) is 5.13 Å². The largest absolute Gasteiger partial charge is 0.360 e. The molecule has 0 aliphatic heterocycles. The maximum absolute atomic E-state index is 13.3. The normalized spacial score (nSPS) is 11.0. The molecule has 1 amide bonds. The van der Waals surface area contributed by atoms with Crippen molar-refractivity contribution < 1.29 is 9.32 Å². The van der Waals surface area contributed by atoms with Crippen LogP contribution in [0.15, 0.2) is 59.1 Å². The maximum Gasteiger partial charge on any atom is 0.265 e. The van der Waals surface area contributed by atoms with Crippen LogP contribution in [-0.2, 0) is 0 Å². The number of fused-ring (bicyclic) bond motifs is 1. The van der Waals surface area contributed by atoms with Crippen molar-refractivity contribution in [1.82, 2.24) is 10.1 Å². The minimum atomic E-state index is -0.149. The van der Waals surface area contributed by atoms with E-state index in [9.17, 15) is 4.79 Å². The molecule has 0 aliphatic rings. The zero-order valence-corrected chi connectivity index (χ0v) is 15.3. The first kappa shape index (κ1) is 16.5. The Balaban J connectivity index is 1.78. The number of carbonyl (C=O) groups is 1. The van der Waals surface area contributed by atoms with Gasteiger partial charge in [0.15, 0.2) is 5.13 Å². The molecule has 0 radical (unpaired) electrons. The number of aryl methyl sites for hydroxylation is 1. The minimum Gasteiger partial charge on any atom is -0.360 e. The van der Waals surface area contributed by atoms with Gasteiger partial charge < -0.3 is 4.52 Å². The van der Waals surface area contributed by atoms with E-state index in [1.54, 1.807) is 11.8 Å². The van der Waals surface area contributed by atoms with Crippen LogP contribution in [0, 0.1) is 6.92 Å². The molecule has 4 rings (SSSR count). The fourth-order valence-electron chi connectivity index (χ4n) is 2.89. The number of rotatable bonds is 4. The Bertz CT molecular complexity index is 1040. The number of benzene rings is 2. The van der Waals surface area contributed by atoms with Gasteiger partial charge in [0.05, 0.1) is 10.2 Å². The van der Waals surface area contributed by atoms with E-state index in [-0.39, 0.29) is 5.91 Å². The van der Waals surface area contributed by atoms with Gasteiger partial charge in [-0.05, 0) is 26.0 Å². The van der Waals surface area contributed by atoms with Crippen LogP contribution in [0.3, 0.4) is 0 Å². The van der Waals surface area contributed by atoms with Gasteiger partial charge in [-0.15, -0.1) is 0 Å². The summed E-state index contributed by atoms with van der Waals surface area (Å²) in [6.45, 7) is 4.21. The lowest BCUT2D eigenvalue weighted by Crippen LogP contribution is -2.31. The molecule has 0 aliphatic carbocycles. The molecule has 0 saturated carbocycles. The molecule has 4 aromatic rings. The molecule has 2 aromatic heterocycles. The third-order valence-corrected chi connectivity index (χ3v) is 5.26. The van der Waals surface area contributed by atoms with E-state index in [1.807, 2.05) is 61.5 Å². The molecule has 26 heavy (non-hydrogen) atoms. The number of hydrogen-bond acceptors (Lipinski definition) is 5. The smallest absolute Gasteiger partial charge is 0.265 e. The number of amides is 1. The van der Waals surface area contributed by atoms with Gasteiger partial charge in [0.2, 0.25) is 0 Å². The number of thiazole rings is 1. The number of nitrogens with zero attached hydrogens (tertiary/aromatic N) is 3. The first-order chi connectivity index (χ1) is 12.7. The Morgan fingerprint density at radius 1 is 1.12 bits per heavy atom. The SMILES string of the molecule is CCN(C(=O)c1c(-c2ccccc2)noc1C)c1nc2ccccc2s1. The van der Waals surface area contributed by atoms with E-state index in [2.05, 4.69) is 10.1 Å². The highest BCUT2D eigenvalue weighted by atomic mass is 32.1. The van der Waals surface area contributed by atoms with Crippen molar-refractivity contribution in [2.75, 3.05) is 11.4 Å². The fourth-order valence-corrected chi connectivity index (χ4v) is 3.92. The van der Waals surface area contributed by atoms with Crippen molar-refractivity contribution in [2.24, 2.45) is 0 Å². The van der Waals surface area contributed by atoms with E-state index < -0.39 is 0 Å². The Hall–Kier alpha value is -2.99. The fraction of sp³-hybridized carbons (Fsp3) is 0.150. The molecule has 0 fully saturated rings. The summed E-state index contributed by atoms with van der Waals surface area (Å²) in [6, 6.07) is 17.5. The van der Waals surface area contributed by atoms with E-state index in [0.717, 1.165) is 15.8 Å². The summed E-state index contributed by atoms with van der Waals surface area (Å²) in [4.78, 5) is 19.6. The van der Waals surface area contributed by atoms with E-state index >= 15 is 0 Å². The molecule has 0 spiro atoms. The van der Waals surface area contributed by atoms with E-state index in [4.69, 9.17) is 4.52 Å². The Morgan fingerprint density at radius 2 is 1.85 bits per heavy atom. The van der Waals surface area contributed by atoms with Crippen LogP contribution in [0.2, 0.25) is 0 Å². The number of aromatic nitrogens is 2. The average molecular weight is 363 g/mol. The zero-order valence-electron chi connectivity index (χ0n) is 14.5. The first-order valence-corrected chi connectivity index (χ1v) is 9.19. The average Bonchev–Trinajstić information content (AvgIpc) is 3.26. The lowest BCUT2D eigenvalue weighted by molar-refractivity contribution is 0.0987. The van der Waals surface area contributed by atoms with Crippen molar-refractivity contribution in [3.05, 3.63) is 65.9 Å². The molecule has 5 nitrogen and oxygen atoms in total. The molecule has 0 atom stereocenters. The van der Waals surface area contributed by atoms with E-state index in [0.29, 0.717) is 28.7 Å². The molecule has 0 bridgehead atoms. The third-order valence-electron chi connectivity index (χ3n) is 4.20. The molecule has 0 saturated heterocycles. The predicted molar refractivity (Wildman–Crippen MR) is 104 cm³/mol. The summed E-state index contributed by atoms with van der Waals surface area (Å²) in [5, 5.41) is 4.80. The first-order valence-electron chi connectivity index (χ1n) is 8.38. The molecular formula is C20H17N3O2S. The van der Waals surface area contributed by atoms with Crippen molar-refractivity contribution >= 4 is 32.6 Å². The molecule has 130 valence electrons. The highest BCUT2D eigenvalue weighted by Crippen LogP contribution is 2.32.